The molecule has 7 nitrogen and oxygen atoms in total. The number of ether oxygens (including phenoxy) is 2. The van der Waals surface area contributed by atoms with E-state index in [1.807, 2.05) is 13.0 Å². The van der Waals surface area contributed by atoms with Crippen molar-refractivity contribution < 1.29 is 22.7 Å². The van der Waals surface area contributed by atoms with Gasteiger partial charge in [0.1, 0.15) is 17.5 Å². The Hall–Kier alpha value is -2.45. The Kier molecular flexibility index (Phi) is 7.37. The van der Waals surface area contributed by atoms with E-state index in [0.29, 0.717) is 17.2 Å². The Labute approximate surface area is 176 Å². The predicted octanol–water partition coefficient (Wildman–Crippen LogP) is 3.85. The molecule has 2 aromatic rings. The van der Waals surface area contributed by atoms with E-state index in [1.165, 1.54) is 20.3 Å². The lowest BCUT2D eigenvalue weighted by atomic mass is 10.1. The maximum absolute atomic E-state index is 13.1. The van der Waals surface area contributed by atoms with Crippen LogP contribution < -0.4 is 19.1 Å². The van der Waals surface area contributed by atoms with Crippen LogP contribution in [0.15, 0.2) is 36.4 Å². The van der Waals surface area contributed by atoms with Crippen molar-refractivity contribution >= 4 is 38.9 Å². The first kappa shape index (κ1) is 22.8. The normalized spacial score (nSPS) is 12.2. The van der Waals surface area contributed by atoms with Crippen LogP contribution in [-0.2, 0) is 14.8 Å². The maximum atomic E-state index is 13.1. The van der Waals surface area contributed by atoms with Crippen molar-refractivity contribution in [3.05, 3.63) is 47.0 Å². The topological polar surface area (TPSA) is 84.9 Å². The van der Waals surface area contributed by atoms with E-state index in [0.717, 1.165) is 16.1 Å². The molecule has 0 saturated carbocycles. The molecule has 0 radical (unpaired) electrons. The van der Waals surface area contributed by atoms with E-state index >= 15 is 0 Å². The molecule has 158 valence electrons. The van der Waals surface area contributed by atoms with Gasteiger partial charge in [0, 0.05) is 0 Å². The van der Waals surface area contributed by atoms with Gasteiger partial charge >= 0.3 is 0 Å². The molecule has 0 heterocycles. The fraction of sp³-hybridized carbons (Fsp3) is 0.350. The first-order valence-electron chi connectivity index (χ1n) is 8.90. The molecule has 0 saturated heterocycles. The average molecular weight is 441 g/mol. The number of nitrogens with zero attached hydrogens (tertiary/aromatic N) is 1. The van der Waals surface area contributed by atoms with Crippen LogP contribution in [0.3, 0.4) is 0 Å². The van der Waals surface area contributed by atoms with E-state index < -0.39 is 22.0 Å². The van der Waals surface area contributed by atoms with Crippen molar-refractivity contribution in [2.24, 2.45) is 0 Å². The number of methoxy groups -OCH3 is 2. The third-order valence-corrected chi connectivity index (χ3v) is 5.81. The molecule has 0 unspecified atom stereocenters. The molecule has 1 amide bonds. The van der Waals surface area contributed by atoms with E-state index in [9.17, 15) is 13.2 Å². The summed E-state index contributed by atoms with van der Waals surface area (Å²) in [4.78, 5) is 13.1. The molecule has 0 fully saturated rings. The summed E-state index contributed by atoms with van der Waals surface area (Å²) in [6.45, 7) is 3.62. The third-order valence-electron chi connectivity index (χ3n) is 4.33. The van der Waals surface area contributed by atoms with Gasteiger partial charge < -0.3 is 14.8 Å². The lowest BCUT2D eigenvalue weighted by Crippen LogP contribution is -2.47. The Morgan fingerprint density at radius 2 is 1.76 bits per heavy atom. The van der Waals surface area contributed by atoms with Crippen molar-refractivity contribution in [2.75, 3.05) is 30.1 Å². The van der Waals surface area contributed by atoms with Crippen LogP contribution in [0, 0.1) is 6.92 Å². The summed E-state index contributed by atoms with van der Waals surface area (Å²) in [6.07, 6.45) is 1.30. The summed E-state index contributed by atoms with van der Waals surface area (Å²) >= 11 is 6.17. The fourth-order valence-corrected chi connectivity index (χ4v) is 4.44. The highest BCUT2D eigenvalue weighted by atomic mass is 35.5. The van der Waals surface area contributed by atoms with Crippen molar-refractivity contribution in [1.29, 1.82) is 0 Å². The van der Waals surface area contributed by atoms with Crippen molar-refractivity contribution in [3.8, 4) is 11.5 Å². The van der Waals surface area contributed by atoms with E-state index in [-0.39, 0.29) is 17.1 Å². The second-order valence-corrected chi connectivity index (χ2v) is 8.76. The van der Waals surface area contributed by atoms with Gasteiger partial charge in [0.2, 0.25) is 15.9 Å². The lowest BCUT2D eigenvalue weighted by molar-refractivity contribution is -0.117. The molecule has 2 rings (SSSR count). The van der Waals surface area contributed by atoms with Crippen LogP contribution in [0.5, 0.6) is 11.5 Å². The zero-order valence-electron chi connectivity index (χ0n) is 17.0. The Balaban J connectivity index is 2.45. The fourth-order valence-electron chi connectivity index (χ4n) is 2.99. The minimum absolute atomic E-state index is 0.245. The maximum Gasteiger partial charge on any atom is 0.248 e. The summed E-state index contributed by atoms with van der Waals surface area (Å²) in [7, 11) is -0.820. The number of aryl methyl sites for hydroxylation is 1. The molecule has 0 aliphatic rings. The number of halogens is 1. The van der Waals surface area contributed by atoms with Gasteiger partial charge in [0.15, 0.2) is 0 Å². The van der Waals surface area contributed by atoms with E-state index in [4.69, 9.17) is 21.1 Å². The van der Waals surface area contributed by atoms with Gasteiger partial charge in [0.05, 0.1) is 36.9 Å². The summed E-state index contributed by atoms with van der Waals surface area (Å²) in [6, 6.07) is 8.94. The first-order chi connectivity index (χ1) is 13.6. The number of anilines is 2. The molecule has 0 aromatic heterocycles. The number of carbonyl (C=O) groups is 1. The number of nitrogens with one attached hydrogen (secondary N) is 1. The summed E-state index contributed by atoms with van der Waals surface area (Å²) < 4.78 is 36.6. The number of carbonyl (C=O) groups excluding carboxylic acids is 1. The largest absolute Gasteiger partial charge is 0.495 e. The van der Waals surface area contributed by atoms with Crippen LogP contribution >= 0.6 is 11.6 Å². The Morgan fingerprint density at radius 3 is 2.28 bits per heavy atom. The molecule has 9 heteroatoms. The summed E-state index contributed by atoms with van der Waals surface area (Å²) in [5.41, 5.74) is 1.67. The minimum Gasteiger partial charge on any atom is -0.495 e. The minimum atomic E-state index is -3.78. The zero-order valence-corrected chi connectivity index (χ0v) is 18.6. The van der Waals surface area contributed by atoms with Crippen LogP contribution in [0.2, 0.25) is 5.02 Å². The second kappa shape index (κ2) is 9.37. The zero-order chi connectivity index (χ0) is 21.8. The quantitative estimate of drug-likeness (QED) is 0.673. The molecular formula is C20H25ClN2O5S. The molecule has 1 atom stereocenters. The van der Waals surface area contributed by atoms with Gasteiger partial charge in [0.25, 0.3) is 0 Å². The van der Waals surface area contributed by atoms with Crippen molar-refractivity contribution in [3.63, 3.8) is 0 Å². The van der Waals surface area contributed by atoms with E-state index in [1.54, 1.807) is 31.2 Å². The van der Waals surface area contributed by atoms with Gasteiger partial charge in [-0.15, -0.1) is 0 Å². The number of hydrogen-bond donors (Lipinski definition) is 1. The number of rotatable bonds is 8. The molecule has 2 aromatic carbocycles. The summed E-state index contributed by atoms with van der Waals surface area (Å²) in [5, 5.41) is 3.03. The predicted molar refractivity (Wildman–Crippen MR) is 116 cm³/mol. The molecule has 0 bridgehead atoms. The standard InChI is InChI=1S/C20H25ClN2O5S/c1-6-17(20(24)22-16-11-13(2)7-9-19(16)28-4)23(29(5,25)26)14-8-10-18(27-3)15(21)12-14/h7-12,17H,6H2,1-5H3,(H,22,24)/t17-/m1/s1. The average Bonchev–Trinajstić information content (AvgIpc) is 2.65. The van der Waals surface area contributed by atoms with Crippen LogP contribution in [0.25, 0.3) is 0 Å². The van der Waals surface area contributed by atoms with Crippen molar-refractivity contribution in [2.45, 2.75) is 26.3 Å². The number of amides is 1. The summed E-state index contributed by atoms with van der Waals surface area (Å²) in [5.74, 6) is 0.414. The molecule has 29 heavy (non-hydrogen) atoms. The highest BCUT2D eigenvalue weighted by molar-refractivity contribution is 7.92. The number of sulfonamides is 1. The van der Waals surface area contributed by atoms with Gasteiger partial charge in [-0.2, -0.15) is 0 Å². The number of hydrogen-bond acceptors (Lipinski definition) is 5. The van der Waals surface area contributed by atoms with E-state index in [2.05, 4.69) is 5.32 Å². The molecule has 0 spiro atoms. The highest BCUT2D eigenvalue weighted by Crippen LogP contribution is 2.32. The Bertz CT molecular complexity index is 994. The molecule has 0 aliphatic carbocycles. The molecule has 0 aliphatic heterocycles. The number of benzene rings is 2. The van der Waals surface area contributed by atoms with Gasteiger partial charge in [-0.1, -0.05) is 24.6 Å². The van der Waals surface area contributed by atoms with Gasteiger partial charge in [-0.3, -0.25) is 9.10 Å². The smallest absolute Gasteiger partial charge is 0.248 e. The molecule has 1 N–H and O–H groups in total. The van der Waals surface area contributed by atoms with Crippen LogP contribution in [0.1, 0.15) is 18.9 Å². The molecular weight excluding hydrogens is 416 g/mol. The first-order valence-corrected chi connectivity index (χ1v) is 11.1. The van der Waals surface area contributed by atoms with Crippen molar-refractivity contribution in [1.82, 2.24) is 0 Å². The SMILES string of the molecule is CC[C@H](C(=O)Nc1cc(C)ccc1OC)N(c1ccc(OC)c(Cl)c1)S(C)(=O)=O. The van der Waals surface area contributed by atoms with Crippen LogP contribution in [0.4, 0.5) is 11.4 Å². The highest BCUT2D eigenvalue weighted by Gasteiger charge is 2.32. The third kappa shape index (κ3) is 5.33. The van der Waals surface area contributed by atoms with Crippen LogP contribution in [-0.4, -0.2) is 40.8 Å². The van der Waals surface area contributed by atoms with Gasteiger partial charge in [-0.05, 0) is 49.2 Å². The lowest BCUT2D eigenvalue weighted by Gasteiger charge is -2.30. The second-order valence-electron chi connectivity index (χ2n) is 6.49. The van der Waals surface area contributed by atoms with Gasteiger partial charge in [-0.25, -0.2) is 8.42 Å². The monoisotopic (exact) mass is 440 g/mol. The Morgan fingerprint density at radius 1 is 1.14 bits per heavy atom.